The van der Waals surface area contributed by atoms with Gasteiger partial charge in [-0.2, -0.15) is 0 Å². The van der Waals surface area contributed by atoms with E-state index < -0.39 is 5.82 Å². The minimum Gasteiger partial charge on any atom is -0.366 e. The fourth-order valence-electron chi connectivity index (χ4n) is 3.79. The summed E-state index contributed by atoms with van der Waals surface area (Å²) in [7, 11) is 0. The zero-order chi connectivity index (χ0) is 22.5. The van der Waals surface area contributed by atoms with Gasteiger partial charge in [-0.25, -0.2) is 4.39 Å². The van der Waals surface area contributed by atoms with Gasteiger partial charge in [0, 0.05) is 37.9 Å². The van der Waals surface area contributed by atoms with Crippen molar-refractivity contribution < 1.29 is 14.0 Å². The lowest BCUT2D eigenvalue weighted by molar-refractivity contribution is -0.138. The summed E-state index contributed by atoms with van der Waals surface area (Å²) >= 11 is 0. The van der Waals surface area contributed by atoms with Crippen molar-refractivity contribution in [3.8, 4) is 0 Å². The summed E-state index contributed by atoms with van der Waals surface area (Å²) in [4.78, 5) is 38.2. The number of imide groups is 1. The van der Waals surface area contributed by atoms with Gasteiger partial charge in [0.1, 0.15) is 11.5 Å². The number of carbonyl (C=O) groups excluding carboxylic acids is 2. The number of pyridine rings is 2. The van der Waals surface area contributed by atoms with Crippen LogP contribution >= 0.6 is 0 Å². The Morgan fingerprint density at radius 2 is 1.66 bits per heavy atom. The van der Waals surface area contributed by atoms with Gasteiger partial charge in [-0.05, 0) is 60.4 Å². The van der Waals surface area contributed by atoms with Crippen LogP contribution in [0.25, 0.3) is 5.57 Å². The third-order valence-electron chi connectivity index (χ3n) is 5.46. The second kappa shape index (κ2) is 9.51. The molecule has 3 heterocycles. The second-order valence-corrected chi connectivity index (χ2v) is 7.47. The van der Waals surface area contributed by atoms with E-state index in [0.29, 0.717) is 36.3 Å². The van der Waals surface area contributed by atoms with Gasteiger partial charge in [0.2, 0.25) is 0 Å². The highest BCUT2D eigenvalue weighted by Gasteiger charge is 2.41. The number of rotatable bonds is 8. The van der Waals surface area contributed by atoms with Crippen molar-refractivity contribution in [1.29, 1.82) is 0 Å². The molecular weight excluding hydrogens is 407 g/mol. The Bertz CT molecular complexity index is 1130. The largest absolute Gasteiger partial charge is 0.366 e. The van der Waals surface area contributed by atoms with E-state index in [9.17, 15) is 14.0 Å². The predicted molar refractivity (Wildman–Crippen MR) is 118 cm³/mol. The molecule has 2 amide bonds. The maximum absolute atomic E-state index is 13.5. The van der Waals surface area contributed by atoms with Crippen LogP contribution in [0.5, 0.6) is 0 Å². The Balaban J connectivity index is 1.69. The van der Waals surface area contributed by atoms with Gasteiger partial charge in [-0.15, -0.1) is 0 Å². The Morgan fingerprint density at radius 1 is 0.906 bits per heavy atom. The summed E-state index contributed by atoms with van der Waals surface area (Å²) in [6.45, 7) is 3.18. The molecule has 0 unspecified atom stereocenters. The molecule has 0 N–H and O–H groups in total. The second-order valence-electron chi connectivity index (χ2n) is 7.47. The van der Waals surface area contributed by atoms with E-state index >= 15 is 0 Å². The number of amides is 2. The van der Waals surface area contributed by atoms with Crippen LogP contribution in [0.1, 0.15) is 23.6 Å². The molecule has 0 saturated carbocycles. The van der Waals surface area contributed by atoms with Crippen molar-refractivity contribution in [1.82, 2.24) is 19.8 Å². The molecule has 1 aliphatic heterocycles. The fourth-order valence-corrected chi connectivity index (χ4v) is 3.79. The average molecular weight is 430 g/mol. The first-order chi connectivity index (χ1) is 15.6. The van der Waals surface area contributed by atoms with Crippen molar-refractivity contribution in [2.75, 3.05) is 13.1 Å². The zero-order valence-electron chi connectivity index (χ0n) is 17.7. The van der Waals surface area contributed by atoms with Gasteiger partial charge in [0.25, 0.3) is 11.8 Å². The minimum absolute atomic E-state index is 0.127. The van der Waals surface area contributed by atoms with Gasteiger partial charge in [0.15, 0.2) is 0 Å². The molecule has 0 spiro atoms. The molecule has 0 saturated heterocycles. The normalized spacial score (nSPS) is 13.8. The lowest BCUT2D eigenvalue weighted by Crippen LogP contribution is -2.35. The molecule has 7 heteroatoms. The van der Waals surface area contributed by atoms with E-state index in [1.165, 1.54) is 17.0 Å². The first-order valence-electron chi connectivity index (χ1n) is 10.5. The first-order valence-corrected chi connectivity index (χ1v) is 10.5. The van der Waals surface area contributed by atoms with E-state index in [1.54, 1.807) is 43.0 Å². The molecule has 0 atom stereocenters. The molecule has 6 nitrogen and oxygen atoms in total. The third kappa shape index (κ3) is 4.42. The van der Waals surface area contributed by atoms with Crippen LogP contribution in [0.2, 0.25) is 0 Å². The van der Waals surface area contributed by atoms with Crippen molar-refractivity contribution in [2.45, 2.75) is 19.9 Å². The Kier molecular flexibility index (Phi) is 6.35. The highest BCUT2D eigenvalue weighted by atomic mass is 19.1. The number of likely N-dealkylation sites (N-methyl/N-ethyl adjacent to an activating group) is 1. The number of hydrogen-bond acceptors (Lipinski definition) is 5. The van der Waals surface area contributed by atoms with Crippen LogP contribution in [0.15, 0.2) is 79.0 Å². The minimum atomic E-state index is -0.398. The molecule has 0 aliphatic carbocycles. The maximum atomic E-state index is 13.5. The summed E-state index contributed by atoms with van der Waals surface area (Å²) < 4.78 is 13.5. The highest BCUT2D eigenvalue weighted by Crippen LogP contribution is 2.32. The van der Waals surface area contributed by atoms with E-state index in [4.69, 9.17) is 0 Å². The quantitative estimate of drug-likeness (QED) is 0.512. The van der Waals surface area contributed by atoms with Crippen LogP contribution in [-0.2, 0) is 22.6 Å². The summed E-state index contributed by atoms with van der Waals surface area (Å²) in [5.41, 5.74) is 3.02. The summed E-state index contributed by atoms with van der Waals surface area (Å²) in [5.74, 6) is -1.14. The number of halogens is 1. The van der Waals surface area contributed by atoms with Gasteiger partial charge in [-0.1, -0.05) is 18.2 Å². The van der Waals surface area contributed by atoms with Gasteiger partial charge in [-0.3, -0.25) is 24.5 Å². The Morgan fingerprint density at radius 3 is 2.31 bits per heavy atom. The molecule has 3 aromatic rings. The van der Waals surface area contributed by atoms with Crippen LogP contribution in [0, 0.1) is 5.82 Å². The van der Waals surface area contributed by atoms with Crippen LogP contribution in [-0.4, -0.2) is 44.7 Å². The number of hydrogen-bond donors (Lipinski definition) is 0. The average Bonchev–Trinajstić information content (AvgIpc) is 3.06. The topological polar surface area (TPSA) is 66.4 Å². The third-order valence-corrected chi connectivity index (χ3v) is 5.46. The molecule has 4 rings (SSSR count). The van der Waals surface area contributed by atoms with E-state index in [1.807, 2.05) is 30.0 Å². The predicted octanol–water partition coefficient (Wildman–Crippen LogP) is 3.46. The highest BCUT2D eigenvalue weighted by molar-refractivity contribution is 6.35. The van der Waals surface area contributed by atoms with Crippen molar-refractivity contribution in [3.63, 3.8) is 0 Å². The standard InChI is InChI=1S/C25H23FN4O2/c1-2-29(15-11-18-9-13-27-14-10-18)23-22(20-5-7-21(26)8-6-20)24(31)30(25(23)32)17-19-4-3-12-28-16-19/h3-10,12-14,16H,2,11,15,17H2,1H3. The number of nitrogens with zero attached hydrogens (tertiary/aromatic N) is 4. The molecule has 0 bridgehead atoms. The smallest absolute Gasteiger partial charge is 0.278 e. The van der Waals surface area contributed by atoms with Crippen LogP contribution in [0.4, 0.5) is 4.39 Å². The molecule has 0 fully saturated rings. The molecule has 162 valence electrons. The molecular formula is C25H23FN4O2. The monoisotopic (exact) mass is 430 g/mol. The van der Waals surface area contributed by atoms with E-state index in [0.717, 1.165) is 11.1 Å². The van der Waals surface area contributed by atoms with E-state index in [2.05, 4.69) is 9.97 Å². The van der Waals surface area contributed by atoms with Crippen molar-refractivity contribution in [2.24, 2.45) is 0 Å². The SMILES string of the molecule is CCN(CCc1ccncc1)C1=C(c2ccc(F)cc2)C(=O)N(Cc2cccnc2)C1=O. The van der Waals surface area contributed by atoms with E-state index in [-0.39, 0.29) is 18.4 Å². The van der Waals surface area contributed by atoms with Gasteiger partial charge >= 0.3 is 0 Å². The molecule has 0 radical (unpaired) electrons. The molecule has 32 heavy (non-hydrogen) atoms. The summed E-state index contributed by atoms with van der Waals surface area (Å²) in [5, 5.41) is 0. The van der Waals surface area contributed by atoms with Crippen LogP contribution < -0.4 is 0 Å². The first kappa shape index (κ1) is 21.4. The molecule has 2 aromatic heterocycles. The van der Waals surface area contributed by atoms with Crippen molar-refractivity contribution in [3.05, 3.63) is 102 Å². The number of carbonyl (C=O) groups is 2. The van der Waals surface area contributed by atoms with Gasteiger partial charge in [0.05, 0.1) is 12.1 Å². The summed E-state index contributed by atoms with van der Waals surface area (Å²) in [6.07, 6.45) is 7.43. The van der Waals surface area contributed by atoms with Crippen molar-refractivity contribution >= 4 is 17.4 Å². The lowest BCUT2D eigenvalue weighted by Gasteiger charge is -2.25. The Hall–Kier alpha value is -3.87. The molecule has 1 aromatic carbocycles. The molecule has 1 aliphatic rings. The fraction of sp³-hybridized carbons (Fsp3) is 0.200. The lowest BCUT2D eigenvalue weighted by atomic mass is 10.0. The Labute approximate surface area is 186 Å². The zero-order valence-corrected chi connectivity index (χ0v) is 17.7. The number of aromatic nitrogens is 2. The van der Waals surface area contributed by atoms with Gasteiger partial charge < -0.3 is 4.90 Å². The number of benzene rings is 1. The maximum Gasteiger partial charge on any atom is 0.278 e. The van der Waals surface area contributed by atoms with Crippen LogP contribution in [0.3, 0.4) is 0 Å². The summed E-state index contributed by atoms with van der Waals surface area (Å²) in [6, 6.07) is 13.1.